The number of fused-ring (bicyclic) bond motifs is 1. The van der Waals surface area contributed by atoms with Crippen LogP contribution in [0.1, 0.15) is 25.7 Å². The van der Waals surface area contributed by atoms with Crippen LogP contribution in [0.15, 0.2) is 47.4 Å². The van der Waals surface area contributed by atoms with Gasteiger partial charge in [0, 0.05) is 18.5 Å². The molecule has 2 heterocycles. The lowest BCUT2D eigenvalue weighted by Gasteiger charge is -2.19. The molecular formula is C21H23F3N4O4S. The second kappa shape index (κ2) is 9.87. The number of alkyl halides is 3. The molecule has 3 rings (SSSR count). The van der Waals surface area contributed by atoms with Gasteiger partial charge in [-0.1, -0.05) is 6.92 Å². The quantitative estimate of drug-likeness (QED) is 0.498. The molecule has 0 radical (unpaired) electrons. The molecule has 0 spiro atoms. The predicted octanol–water partition coefficient (Wildman–Crippen LogP) is 2.81. The minimum absolute atomic E-state index is 0.00275. The summed E-state index contributed by atoms with van der Waals surface area (Å²) in [5.74, 6) is 0.227. The van der Waals surface area contributed by atoms with E-state index in [2.05, 4.69) is 15.3 Å². The number of ether oxygens (including phenoxy) is 1. The highest BCUT2D eigenvalue weighted by molar-refractivity contribution is 7.91. The summed E-state index contributed by atoms with van der Waals surface area (Å²) in [7, 11) is -3.18. The molecule has 0 bridgehead atoms. The van der Waals surface area contributed by atoms with E-state index in [1.807, 2.05) is 0 Å². The average Bonchev–Trinajstić information content (AvgIpc) is 2.77. The number of hydrogen-bond donors (Lipinski definition) is 1. The van der Waals surface area contributed by atoms with E-state index in [0.717, 1.165) is 0 Å². The molecule has 2 aromatic heterocycles. The van der Waals surface area contributed by atoms with Crippen molar-refractivity contribution in [3.8, 4) is 11.4 Å². The molecule has 8 nitrogen and oxygen atoms in total. The summed E-state index contributed by atoms with van der Waals surface area (Å²) in [6.45, 7) is 2.02. The van der Waals surface area contributed by atoms with Gasteiger partial charge in [0.1, 0.15) is 11.6 Å². The summed E-state index contributed by atoms with van der Waals surface area (Å²) in [5.41, 5.74) is 0.179. The number of hydrogen-bond acceptors (Lipinski definition) is 7. The number of nitrogens with one attached hydrogen (secondary N) is 1. The summed E-state index contributed by atoms with van der Waals surface area (Å²) < 4.78 is 66.8. The van der Waals surface area contributed by atoms with Gasteiger partial charge in [-0.25, -0.2) is 18.4 Å². The van der Waals surface area contributed by atoms with Gasteiger partial charge in [-0.3, -0.25) is 9.36 Å². The molecule has 0 fully saturated rings. The van der Waals surface area contributed by atoms with Crippen LogP contribution in [0.5, 0.6) is 5.75 Å². The summed E-state index contributed by atoms with van der Waals surface area (Å²) in [5, 5.41) is 3.32. The lowest BCUT2D eigenvalue weighted by Crippen LogP contribution is -2.32. The third kappa shape index (κ3) is 6.29. The van der Waals surface area contributed by atoms with E-state index in [-0.39, 0.29) is 40.7 Å². The smallest absolute Gasteiger partial charge is 0.422 e. The largest absolute Gasteiger partial charge is 0.484 e. The molecule has 0 saturated heterocycles. The molecule has 3 aromatic rings. The standard InChI is InChI=1S/C21H23F3N4O4S/c1-3-33(30,31)12-11-25-14(2)19-27-18-17(5-4-10-26-18)20(29)28(19)15-6-8-16(9-7-15)32-13-21(22,23)24/h4-10,14,25H,3,11-13H2,1-2H3/t14-/m1/s1. The van der Waals surface area contributed by atoms with Crippen LogP contribution in [0, 0.1) is 0 Å². The number of aromatic nitrogens is 3. The van der Waals surface area contributed by atoms with Gasteiger partial charge in [0.15, 0.2) is 22.1 Å². The van der Waals surface area contributed by atoms with Crippen LogP contribution in [0.3, 0.4) is 0 Å². The predicted molar refractivity (Wildman–Crippen MR) is 117 cm³/mol. The molecule has 0 saturated carbocycles. The fourth-order valence-electron chi connectivity index (χ4n) is 3.10. The van der Waals surface area contributed by atoms with Gasteiger partial charge < -0.3 is 10.1 Å². The maximum atomic E-state index is 13.3. The molecule has 178 valence electrons. The minimum atomic E-state index is -4.47. The van der Waals surface area contributed by atoms with Crippen molar-refractivity contribution in [3.63, 3.8) is 0 Å². The van der Waals surface area contributed by atoms with Crippen LogP contribution in [0.25, 0.3) is 16.7 Å². The van der Waals surface area contributed by atoms with Crippen molar-refractivity contribution < 1.29 is 26.3 Å². The van der Waals surface area contributed by atoms with E-state index in [1.165, 1.54) is 35.0 Å². The van der Waals surface area contributed by atoms with Crippen molar-refractivity contribution >= 4 is 20.9 Å². The van der Waals surface area contributed by atoms with Crippen molar-refractivity contribution in [2.45, 2.75) is 26.1 Å². The third-order valence-electron chi connectivity index (χ3n) is 4.86. The van der Waals surface area contributed by atoms with Crippen LogP contribution >= 0.6 is 0 Å². The van der Waals surface area contributed by atoms with Crippen LogP contribution in [0.2, 0.25) is 0 Å². The van der Waals surface area contributed by atoms with Crippen molar-refractivity contribution in [3.05, 3.63) is 58.8 Å². The normalized spacial score (nSPS) is 13.2. The average molecular weight is 485 g/mol. The fraction of sp³-hybridized carbons (Fsp3) is 0.381. The van der Waals surface area contributed by atoms with Crippen molar-refractivity contribution in [1.29, 1.82) is 0 Å². The van der Waals surface area contributed by atoms with Crippen LogP contribution in [0.4, 0.5) is 13.2 Å². The number of rotatable bonds is 9. The Labute approximate surface area is 188 Å². The number of halogens is 3. The molecule has 0 unspecified atom stereocenters. The highest BCUT2D eigenvalue weighted by Crippen LogP contribution is 2.22. The van der Waals surface area contributed by atoms with Gasteiger partial charge in [0.2, 0.25) is 0 Å². The molecule has 0 aliphatic carbocycles. The maximum absolute atomic E-state index is 13.3. The first kappa shape index (κ1) is 24.6. The Hall–Kier alpha value is -2.99. The minimum Gasteiger partial charge on any atom is -0.484 e. The third-order valence-corrected chi connectivity index (χ3v) is 6.56. The Balaban J connectivity index is 1.97. The SMILES string of the molecule is CCS(=O)(=O)CCN[C@H](C)c1nc2ncccc2c(=O)n1-c1ccc(OCC(F)(F)F)cc1. The molecule has 0 amide bonds. The molecule has 33 heavy (non-hydrogen) atoms. The number of nitrogens with zero attached hydrogens (tertiary/aromatic N) is 3. The van der Waals surface area contributed by atoms with Crippen LogP contribution in [-0.4, -0.2) is 53.8 Å². The van der Waals surface area contributed by atoms with Gasteiger partial charge in [-0.2, -0.15) is 13.2 Å². The first-order chi connectivity index (χ1) is 15.5. The zero-order chi connectivity index (χ0) is 24.2. The Morgan fingerprint density at radius 1 is 1.18 bits per heavy atom. The molecule has 0 aliphatic rings. The molecular weight excluding hydrogens is 461 g/mol. The van der Waals surface area contributed by atoms with E-state index in [4.69, 9.17) is 4.74 Å². The van der Waals surface area contributed by atoms with Gasteiger partial charge in [-0.15, -0.1) is 0 Å². The first-order valence-corrected chi connectivity index (χ1v) is 11.9. The highest BCUT2D eigenvalue weighted by Gasteiger charge is 2.28. The van der Waals surface area contributed by atoms with Gasteiger partial charge >= 0.3 is 6.18 Å². The topological polar surface area (TPSA) is 103 Å². The van der Waals surface area contributed by atoms with E-state index < -0.39 is 34.2 Å². The Morgan fingerprint density at radius 3 is 2.52 bits per heavy atom. The van der Waals surface area contributed by atoms with Crippen molar-refractivity contribution in [2.24, 2.45) is 0 Å². The van der Waals surface area contributed by atoms with E-state index in [0.29, 0.717) is 5.69 Å². The van der Waals surface area contributed by atoms with E-state index >= 15 is 0 Å². The zero-order valence-electron chi connectivity index (χ0n) is 18.0. The summed E-state index contributed by atoms with van der Waals surface area (Å²) >= 11 is 0. The van der Waals surface area contributed by atoms with Gasteiger partial charge in [0.25, 0.3) is 5.56 Å². The van der Waals surface area contributed by atoms with E-state index in [9.17, 15) is 26.4 Å². The lowest BCUT2D eigenvalue weighted by atomic mass is 10.2. The molecule has 1 aromatic carbocycles. The van der Waals surface area contributed by atoms with E-state index in [1.54, 1.807) is 26.0 Å². The van der Waals surface area contributed by atoms with Gasteiger partial charge in [-0.05, 0) is 43.3 Å². The van der Waals surface area contributed by atoms with Crippen molar-refractivity contribution in [2.75, 3.05) is 24.7 Å². The highest BCUT2D eigenvalue weighted by atomic mass is 32.2. The second-order valence-electron chi connectivity index (χ2n) is 7.30. The Morgan fingerprint density at radius 2 is 1.88 bits per heavy atom. The number of sulfone groups is 1. The molecule has 12 heteroatoms. The maximum Gasteiger partial charge on any atom is 0.422 e. The second-order valence-corrected chi connectivity index (χ2v) is 9.77. The number of pyridine rings is 1. The summed E-state index contributed by atoms with van der Waals surface area (Å²) in [6.07, 6.45) is -2.97. The Kier molecular flexibility index (Phi) is 7.38. The lowest BCUT2D eigenvalue weighted by molar-refractivity contribution is -0.153. The molecule has 0 aliphatic heterocycles. The first-order valence-electron chi connectivity index (χ1n) is 10.1. The monoisotopic (exact) mass is 484 g/mol. The van der Waals surface area contributed by atoms with Crippen molar-refractivity contribution in [1.82, 2.24) is 19.9 Å². The Bertz CT molecular complexity index is 1280. The zero-order valence-corrected chi connectivity index (χ0v) is 18.8. The van der Waals surface area contributed by atoms with Crippen LogP contribution < -0.4 is 15.6 Å². The summed E-state index contributed by atoms with van der Waals surface area (Å²) in [4.78, 5) is 21.9. The number of benzene rings is 1. The summed E-state index contributed by atoms with van der Waals surface area (Å²) in [6, 6.07) is 8.21. The molecule has 1 N–H and O–H groups in total. The fourth-order valence-corrected chi connectivity index (χ4v) is 3.82. The van der Waals surface area contributed by atoms with Crippen LogP contribution in [-0.2, 0) is 9.84 Å². The molecule has 1 atom stereocenters. The van der Waals surface area contributed by atoms with Gasteiger partial charge in [0.05, 0.1) is 22.9 Å².